The Hall–Kier alpha value is -0.890. The predicted molar refractivity (Wildman–Crippen MR) is 58.0 cm³/mol. The molecule has 1 unspecified atom stereocenters. The van der Waals surface area contributed by atoms with Crippen LogP contribution in [-0.4, -0.2) is 15.7 Å². The van der Waals surface area contributed by atoms with E-state index in [4.69, 9.17) is 0 Å². The van der Waals surface area contributed by atoms with Gasteiger partial charge in [-0.3, -0.25) is 4.98 Å². The van der Waals surface area contributed by atoms with Crippen LogP contribution in [0.5, 0.6) is 0 Å². The first kappa shape index (κ1) is 11.2. The van der Waals surface area contributed by atoms with Crippen LogP contribution in [-0.2, 0) is 6.42 Å². The van der Waals surface area contributed by atoms with Crippen molar-refractivity contribution >= 4 is 0 Å². The van der Waals surface area contributed by atoms with Crippen LogP contribution in [0.25, 0.3) is 0 Å². The Morgan fingerprint density at radius 3 is 2.64 bits per heavy atom. The Labute approximate surface area is 86.0 Å². The van der Waals surface area contributed by atoms with Crippen LogP contribution in [0.1, 0.15) is 32.9 Å². The highest BCUT2D eigenvalue weighted by atomic mass is 16.3. The molecular formula is C12H19NO. The van der Waals surface area contributed by atoms with Gasteiger partial charge in [0.05, 0.1) is 5.60 Å². The quantitative estimate of drug-likeness (QED) is 0.796. The van der Waals surface area contributed by atoms with Crippen LogP contribution in [0.4, 0.5) is 0 Å². The Morgan fingerprint density at radius 1 is 1.43 bits per heavy atom. The van der Waals surface area contributed by atoms with E-state index < -0.39 is 5.60 Å². The normalized spacial score (nSPS) is 15.5. The number of hydrogen-bond donors (Lipinski definition) is 1. The summed E-state index contributed by atoms with van der Waals surface area (Å²) in [5.74, 6) is 0.508. The highest BCUT2D eigenvalue weighted by Crippen LogP contribution is 2.20. The molecule has 0 amide bonds. The summed E-state index contributed by atoms with van der Waals surface area (Å²) in [6.45, 7) is 6.11. The fourth-order valence-electron chi connectivity index (χ4n) is 1.84. The molecule has 0 saturated heterocycles. The van der Waals surface area contributed by atoms with Gasteiger partial charge in [0.1, 0.15) is 0 Å². The second kappa shape index (κ2) is 4.56. The first-order valence-electron chi connectivity index (χ1n) is 5.12. The smallest absolute Gasteiger partial charge is 0.0677 e. The van der Waals surface area contributed by atoms with Gasteiger partial charge in [-0.25, -0.2) is 0 Å². The summed E-state index contributed by atoms with van der Waals surface area (Å²) in [6, 6.07) is 5.79. The molecule has 78 valence electrons. The van der Waals surface area contributed by atoms with Crippen molar-refractivity contribution in [2.75, 3.05) is 0 Å². The van der Waals surface area contributed by atoms with Crippen molar-refractivity contribution in [3.63, 3.8) is 0 Å². The molecule has 1 aromatic heterocycles. The van der Waals surface area contributed by atoms with Crippen molar-refractivity contribution < 1.29 is 5.11 Å². The average molecular weight is 193 g/mol. The van der Waals surface area contributed by atoms with E-state index in [0.29, 0.717) is 12.3 Å². The molecule has 0 saturated carbocycles. The largest absolute Gasteiger partial charge is 0.390 e. The lowest BCUT2D eigenvalue weighted by Gasteiger charge is -2.24. The zero-order chi connectivity index (χ0) is 10.6. The molecule has 1 N–H and O–H groups in total. The first-order valence-corrected chi connectivity index (χ1v) is 5.12. The van der Waals surface area contributed by atoms with Gasteiger partial charge >= 0.3 is 0 Å². The maximum Gasteiger partial charge on any atom is 0.0677 e. The zero-order valence-corrected chi connectivity index (χ0v) is 9.20. The third-order valence-electron chi connectivity index (χ3n) is 2.14. The van der Waals surface area contributed by atoms with Gasteiger partial charge in [-0.1, -0.05) is 19.9 Å². The molecule has 1 heterocycles. The Morgan fingerprint density at radius 2 is 2.14 bits per heavy atom. The second-order valence-corrected chi connectivity index (χ2v) is 4.59. The molecule has 1 rings (SSSR count). The van der Waals surface area contributed by atoms with E-state index in [-0.39, 0.29) is 0 Å². The molecule has 0 radical (unpaired) electrons. The van der Waals surface area contributed by atoms with Gasteiger partial charge in [0.15, 0.2) is 0 Å². The highest BCUT2D eigenvalue weighted by Gasteiger charge is 2.22. The van der Waals surface area contributed by atoms with E-state index in [1.54, 1.807) is 6.20 Å². The summed E-state index contributed by atoms with van der Waals surface area (Å²) in [5.41, 5.74) is 0.320. The maximum atomic E-state index is 10.1. The van der Waals surface area contributed by atoms with E-state index in [0.717, 1.165) is 12.1 Å². The van der Waals surface area contributed by atoms with Gasteiger partial charge < -0.3 is 5.11 Å². The van der Waals surface area contributed by atoms with Crippen LogP contribution in [0.3, 0.4) is 0 Å². The molecule has 0 bridgehead atoms. The van der Waals surface area contributed by atoms with Crippen LogP contribution in [0.2, 0.25) is 0 Å². The topological polar surface area (TPSA) is 33.1 Å². The molecule has 0 aliphatic heterocycles. The van der Waals surface area contributed by atoms with Crippen molar-refractivity contribution in [1.29, 1.82) is 0 Å². The molecule has 0 aromatic carbocycles. The standard InChI is InChI=1S/C12H19NO/c1-10(2)8-12(3,14)9-11-6-4-5-7-13-11/h4-7,10,14H,8-9H2,1-3H3. The summed E-state index contributed by atoms with van der Waals surface area (Å²) >= 11 is 0. The molecule has 0 spiro atoms. The van der Waals surface area contributed by atoms with Crippen LogP contribution in [0.15, 0.2) is 24.4 Å². The molecule has 2 heteroatoms. The summed E-state index contributed by atoms with van der Waals surface area (Å²) < 4.78 is 0. The number of aromatic nitrogens is 1. The molecule has 14 heavy (non-hydrogen) atoms. The fourth-order valence-corrected chi connectivity index (χ4v) is 1.84. The number of hydrogen-bond acceptors (Lipinski definition) is 2. The molecule has 0 fully saturated rings. The van der Waals surface area contributed by atoms with E-state index in [9.17, 15) is 5.11 Å². The summed E-state index contributed by atoms with van der Waals surface area (Å²) in [4.78, 5) is 4.21. The molecule has 1 aromatic rings. The van der Waals surface area contributed by atoms with Crippen LogP contribution >= 0.6 is 0 Å². The van der Waals surface area contributed by atoms with E-state index >= 15 is 0 Å². The third-order valence-corrected chi connectivity index (χ3v) is 2.14. The third kappa shape index (κ3) is 3.88. The average Bonchev–Trinajstić information content (AvgIpc) is 2.02. The SMILES string of the molecule is CC(C)CC(C)(O)Cc1ccccn1. The van der Waals surface area contributed by atoms with Crippen molar-refractivity contribution in [3.05, 3.63) is 30.1 Å². The number of pyridine rings is 1. The Kier molecular flexibility index (Phi) is 3.64. The van der Waals surface area contributed by atoms with Crippen LogP contribution < -0.4 is 0 Å². The minimum Gasteiger partial charge on any atom is -0.390 e. The minimum absolute atomic E-state index is 0.508. The van der Waals surface area contributed by atoms with Crippen LogP contribution in [0, 0.1) is 5.92 Å². The van der Waals surface area contributed by atoms with E-state index in [2.05, 4.69) is 18.8 Å². The number of aliphatic hydroxyl groups is 1. The first-order chi connectivity index (χ1) is 6.49. The van der Waals surface area contributed by atoms with Crippen molar-refractivity contribution in [3.8, 4) is 0 Å². The molecule has 0 aliphatic rings. The lowest BCUT2D eigenvalue weighted by molar-refractivity contribution is 0.0379. The van der Waals surface area contributed by atoms with Crippen molar-refractivity contribution in [2.24, 2.45) is 5.92 Å². The zero-order valence-electron chi connectivity index (χ0n) is 9.20. The van der Waals surface area contributed by atoms with Gasteiger partial charge in [-0.05, 0) is 31.4 Å². The predicted octanol–water partition coefficient (Wildman–Crippen LogP) is 2.42. The molecular weight excluding hydrogens is 174 g/mol. The lowest BCUT2D eigenvalue weighted by Crippen LogP contribution is -2.29. The second-order valence-electron chi connectivity index (χ2n) is 4.59. The van der Waals surface area contributed by atoms with Crippen molar-refractivity contribution in [2.45, 2.75) is 39.2 Å². The van der Waals surface area contributed by atoms with Gasteiger partial charge in [0.25, 0.3) is 0 Å². The van der Waals surface area contributed by atoms with Gasteiger partial charge in [0.2, 0.25) is 0 Å². The summed E-state index contributed by atoms with van der Waals surface area (Å²) in [7, 11) is 0. The molecule has 1 atom stereocenters. The monoisotopic (exact) mass is 193 g/mol. The Balaban J connectivity index is 2.59. The fraction of sp³-hybridized carbons (Fsp3) is 0.583. The van der Waals surface area contributed by atoms with E-state index in [1.165, 1.54) is 0 Å². The van der Waals surface area contributed by atoms with Crippen molar-refractivity contribution in [1.82, 2.24) is 4.98 Å². The number of nitrogens with zero attached hydrogens (tertiary/aromatic N) is 1. The molecule has 2 nitrogen and oxygen atoms in total. The molecule has 0 aliphatic carbocycles. The maximum absolute atomic E-state index is 10.1. The Bertz CT molecular complexity index is 267. The summed E-state index contributed by atoms with van der Waals surface area (Å²) in [5, 5.41) is 10.1. The van der Waals surface area contributed by atoms with E-state index in [1.807, 2.05) is 25.1 Å². The minimum atomic E-state index is -0.636. The van der Waals surface area contributed by atoms with Gasteiger partial charge in [-0.2, -0.15) is 0 Å². The highest BCUT2D eigenvalue weighted by molar-refractivity contribution is 5.06. The van der Waals surface area contributed by atoms with Gasteiger partial charge in [0, 0.05) is 18.3 Å². The lowest BCUT2D eigenvalue weighted by atomic mass is 9.90. The van der Waals surface area contributed by atoms with Gasteiger partial charge in [-0.15, -0.1) is 0 Å². The number of rotatable bonds is 4. The summed E-state index contributed by atoms with van der Waals surface area (Å²) in [6.07, 6.45) is 3.20.